The van der Waals surface area contributed by atoms with E-state index < -0.39 is 12.0 Å². The number of benzene rings is 2. The molecule has 7 heteroatoms. The first-order valence-corrected chi connectivity index (χ1v) is 9.33. The Morgan fingerprint density at radius 1 is 1.04 bits per heavy atom. The van der Waals surface area contributed by atoms with Gasteiger partial charge in [0, 0.05) is 15.6 Å². The van der Waals surface area contributed by atoms with Gasteiger partial charge in [-0.1, -0.05) is 48.2 Å². The Balaban J connectivity index is 1.80. The average molecular weight is 415 g/mol. The normalized spacial score (nSPS) is 15.7. The fraction of sp³-hybridized carbons (Fsp3) is 0.350. The van der Waals surface area contributed by atoms with Crippen LogP contribution in [-0.2, 0) is 21.6 Å². The molecule has 27 heavy (non-hydrogen) atoms. The molecule has 1 saturated carbocycles. The largest absolute Gasteiger partial charge is 0.460 e. The molecule has 0 radical (unpaired) electrons. The lowest BCUT2D eigenvalue weighted by Gasteiger charge is -2.27. The molecule has 1 fully saturated rings. The van der Waals surface area contributed by atoms with E-state index in [0.717, 1.165) is 18.4 Å². The Morgan fingerprint density at radius 2 is 1.67 bits per heavy atom. The van der Waals surface area contributed by atoms with Gasteiger partial charge < -0.3 is 9.47 Å². The third kappa shape index (κ3) is 4.53. The number of hydrogen-bond donors (Lipinski definition) is 0. The van der Waals surface area contributed by atoms with Crippen molar-refractivity contribution in [2.24, 2.45) is 0 Å². The number of esters is 1. The zero-order chi connectivity index (χ0) is 19.4. The van der Waals surface area contributed by atoms with E-state index in [2.05, 4.69) is 4.74 Å². The van der Waals surface area contributed by atoms with E-state index in [0.29, 0.717) is 28.5 Å². The van der Waals surface area contributed by atoms with Crippen LogP contribution in [0.25, 0.3) is 0 Å². The van der Waals surface area contributed by atoms with E-state index in [4.69, 9.17) is 27.9 Å². The van der Waals surface area contributed by atoms with Gasteiger partial charge in [-0.15, -0.1) is 0 Å². The summed E-state index contributed by atoms with van der Waals surface area (Å²) in [5, 5.41) is 0.934. The topological polar surface area (TPSA) is 35.5 Å². The molecular weight excluding hydrogens is 397 g/mol. The van der Waals surface area contributed by atoms with E-state index in [9.17, 15) is 13.6 Å². The quantitative estimate of drug-likeness (QED) is 0.531. The highest BCUT2D eigenvalue weighted by atomic mass is 35.5. The van der Waals surface area contributed by atoms with Crippen LogP contribution in [0, 0.1) is 0 Å². The maximum absolute atomic E-state index is 13.0. The lowest BCUT2D eigenvalue weighted by atomic mass is 9.79. The van der Waals surface area contributed by atoms with Gasteiger partial charge in [-0.3, -0.25) is 4.79 Å². The molecule has 1 aliphatic carbocycles. The Kier molecular flexibility index (Phi) is 6.22. The van der Waals surface area contributed by atoms with Crippen molar-refractivity contribution in [2.75, 3.05) is 0 Å². The summed E-state index contributed by atoms with van der Waals surface area (Å²) < 4.78 is 35.2. The van der Waals surface area contributed by atoms with Gasteiger partial charge in [0.25, 0.3) is 0 Å². The smallest absolute Gasteiger partial charge is 0.387 e. The molecule has 0 saturated heterocycles. The van der Waals surface area contributed by atoms with E-state index in [-0.39, 0.29) is 18.3 Å². The maximum atomic E-state index is 13.0. The minimum absolute atomic E-state index is 0.0610. The van der Waals surface area contributed by atoms with Gasteiger partial charge in [-0.25, -0.2) is 0 Å². The summed E-state index contributed by atoms with van der Waals surface area (Å²) in [6, 6.07) is 11.4. The summed E-state index contributed by atoms with van der Waals surface area (Å²) in [4.78, 5) is 13.0. The average Bonchev–Trinajstić information content (AvgIpc) is 3.13. The molecular formula is C20H18Cl2F2O3. The maximum Gasteiger partial charge on any atom is 0.387 e. The molecule has 0 amide bonds. The third-order valence-corrected chi connectivity index (χ3v) is 5.33. The predicted octanol–water partition coefficient (Wildman–Crippen LogP) is 6.15. The second-order valence-corrected chi connectivity index (χ2v) is 7.38. The molecule has 0 spiro atoms. The molecule has 0 unspecified atom stereocenters. The van der Waals surface area contributed by atoms with Crippen LogP contribution in [-0.4, -0.2) is 12.6 Å². The molecule has 2 aromatic rings. The van der Waals surface area contributed by atoms with Gasteiger partial charge in [0.15, 0.2) is 0 Å². The number of carbonyl (C=O) groups excluding carboxylic acids is 1. The van der Waals surface area contributed by atoms with Crippen molar-refractivity contribution in [1.29, 1.82) is 0 Å². The van der Waals surface area contributed by atoms with Gasteiger partial charge in [0.2, 0.25) is 0 Å². The first-order valence-electron chi connectivity index (χ1n) is 8.57. The van der Waals surface area contributed by atoms with Crippen molar-refractivity contribution in [3.63, 3.8) is 0 Å². The highest BCUT2D eigenvalue weighted by Crippen LogP contribution is 2.43. The molecule has 0 N–H and O–H groups in total. The Hall–Kier alpha value is -1.85. The fourth-order valence-electron chi connectivity index (χ4n) is 3.51. The molecule has 0 heterocycles. The van der Waals surface area contributed by atoms with Crippen molar-refractivity contribution in [1.82, 2.24) is 0 Å². The first-order chi connectivity index (χ1) is 12.9. The summed E-state index contributed by atoms with van der Waals surface area (Å²) >= 11 is 11.9. The predicted molar refractivity (Wildman–Crippen MR) is 99.5 cm³/mol. The van der Waals surface area contributed by atoms with Crippen LogP contribution in [0.4, 0.5) is 8.78 Å². The number of alkyl halides is 2. The molecule has 3 nitrogen and oxygen atoms in total. The van der Waals surface area contributed by atoms with Gasteiger partial charge in [0.05, 0.1) is 5.41 Å². The third-order valence-electron chi connectivity index (χ3n) is 4.84. The van der Waals surface area contributed by atoms with Crippen LogP contribution in [0.15, 0.2) is 42.5 Å². The van der Waals surface area contributed by atoms with Crippen molar-refractivity contribution < 1.29 is 23.0 Å². The number of rotatable bonds is 6. The summed E-state index contributed by atoms with van der Waals surface area (Å²) in [7, 11) is 0. The Labute approximate surface area is 166 Å². The van der Waals surface area contributed by atoms with E-state index in [1.807, 2.05) is 12.1 Å². The number of halogens is 4. The lowest BCUT2D eigenvalue weighted by Crippen LogP contribution is -2.34. The molecule has 0 aliphatic heterocycles. The minimum atomic E-state index is -2.98. The van der Waals surface area contributed by atoms with Crippen molar-refractivity contribution in [3.8, 4) is 5.75 Å². The Bertz CT molecular complexity index is 803. The van der Waals surface area contributed by atoms with Gasteiger partial charge in [0.1, 0.15) is 12.4 Å². The molecule has 1 aliphatic rings. The van der Waals surface area contributed by atoms with Crippen LogP contribution in [0.1, 0.15) is 36.8 Å². The van der Waals surface area contributed by atoms with Crippen LogP contribution in [0.5, 0.6) is 5.75 Å². The number of ether oxygens (including phenoxy) is 2. The van der Waals surface area contributed by atoms with Gasteiger partial charge in [-0.05, 0) is 48.7 Å². The van der Waals surface area contributed by atoms with Crippen molar-refractivity contribution in [2.45, 2.75) is 44.3 Å². The second kappa shape index (κ2) is 8.44. The van der Waals surface area contributed by atoms with Crippen LogP contribution >= 0.6 is 23.2 Å². The highest BCUT2D eigenvalue weighted by molar-refractivity contribution is 6.30. The van der Waals surface area contributed by atoms with Gasteiger partial charge >= 0.3 is 12.6 Å². The monoisotopic (exact) mass is 414 g/mol. The van der Waals surface area contributed by atoms with E-state index in [1.54, 1.807) is 12.1 Å². The zero-order valence-electron chi connectivity index (χ0n) is 14.4. The van der Waals surface area contributed by atoms with Crippen LogP contribution in [0.3, 0.4) is 0 Å². The second-order valence-electron chi connectivity index (χ2n) is 6.50. The molecule has 144 valence electrons. The van der Waals surface area contributed by atoms with Crippen molar-refractivity contribution in [3.05, 3.63) is 63.6 Å². The standard InChI is InChI=1S/C20H18Cl2F2O3/c21-15-5-3-14(4-6-15)20(9-1-2-10-20)18(25)26-12-13-11-16(22)7-8-17(13)27-19(23)24/h3-8,11,19H,1-2,9-10,12H2. The SMILES string of the molecule is O=C(OCc1cc(Cl)ccc1OC(F)F)C1(c2ccc(Cl)cc2)CCCC1. The summed E-state index contributed by atoms with van der Waals surface area (Å²) in [5.41, 5.74) is 0.400. The fourth-order valence-corrected chi connectivity index (χ4v) is 3.83. The molecule has 0 aromatic heterocycles. The van der Waals surface area contributed by atoms with Crippen LogP contribution in [0.2, 0.25) is 10.0 Å². The summed E-state index contributed by atoms with van der Waals surface area (Å²) in [6.07, 6.45) is 3.16. The number of carbonyl (C=O) groups is 1. The molecule has 0 atom stereocenters. The summed E-state index contributed by atoms with van der Waals surface area (Å²) in [6.45, 7) is -3.17. The Morgan fingerprint density at radius 3 is 2.30 bits per heavy atom. The van der Waals surface area contributed by atoms with Crippen LogP contribution < -0.4 is 4.74 Å². The van der Waals surface area contributed by atoms with E-state index >= 15 is 0 Å². The zero-order valence-corrected chi connectivity index (χ0v) is 15.9. The molecule has 3 rings (SSSR count). The van der Waals surface area contributed by atoms with Crippen molar-refractivity contribution >= 4 is 29.2 Å². The van der Waals surface area contributed by atoms with Gasteiger partial charge in [-0.2, -0.15) is 8.78 Å². The first kappa shape index (κ1) is 19.9. The van der Waals surface area contributed by atoms with E-state index in [1.165, 1.54) is 18.2 Å². The number of hydrogen-bond acceptors (Lipinski definition) is 3. The summed E-state index contributed by atoms with van der Waals surface area (Å²) in [5.74, 6) is -0.445. The highest BCUT2D eigenvalue weighted by Gasteiger charge is 2.44. The molecule has 0 bridgehead atoms. The lowest BCUT2D eigenvalue weighted by molar-refractivity contribution is -0.152. The minimum Gasteiger partial charge on any atom is -0.460 e. The molecule has 2 aromatic carbocycles.